The van der Waals surface area contributed by atoms with E-state index >= 15 is 0 Å². The Morgan fingerprint density at radius 2 is 1.34 bits per heavy atom. The van der Waals surface area contributed by atoms with Crippen molar-refractivity contribution < 1.29 is 33.8 Å². The first-order chi connectivity index (χ1) is 22.8. The second kappa shape index (κ2) is 20.0. The second-order valence-electron chi connectivity index (χ2n) is 10.9. The highest BCUT2D eigenvalue weighted by Crippen LogP contribution is 2.18. The van der Waals surface area contributed by atoms with Crippen LogP contribution in [0.4, 0.5) is 4.79 Å². The average Bonchev–Trinajstić information content (AvgIpc) is 3.09. The van der Waals surface area contributed by atoms with Gasteiger partial charge in [-0.2, -0.15) is 0 Å². The van der Waals surface area contributed by atoms with Gasteiger partial charge in [0.1, 0.15) is 19.3 Å². The van der Waals surface area contributed by atoms with Crippen molar-refractivity contribution in [2.45, 2.75) is 50.4 Å². The first kappa shape index (κ1) is 36.3. The molecular formula is C37H43N3O7. The zero-order valence-electron chi connectivity index (χ0n) is 26.4. The highest BCUT2D eigenvalue weighted by molar-refractivity contribution is 5.86. The largest absolute Gasteiger partial charge is 0.462 e. The molecule has 0 unspecified atom stereocenters. The molecule has 3 aromatic rings. The van der Waals surface area contributed by atoms with Crippen LogP contribution in [0.5, 0.6) is 0 Å². The van der Waals surface area contributed by atoms with Gasteiger partial charge in [-0.3, -0.25) is 9.59 Å². The minimum absolute atomic E-state index is 0.0300. The van der Waals surface area contributed by atoms with E-state index in [9.17, 15) is 24.3 Å². The van der Waals surface area contributed by atoms with Crippen molar-refractivity contribution in [2.75, 3.05) is 13.2 Å². The Kier molecular flexibility index (Phi) is 15.4. The standard InChI is InChI=1S/C37H43N3O7/c1-3-14-30(23-34(42)38-31(24-41)22-27-16-8-5-9-17-27)35(43)39-33(29-20-12-7-13-21-29)26-46-36(44)32(15-4-2)40-37(45)47-25-28-18-10-6-11-19-28/h3-13,16-21,30-33,41H,1-2,14-15,22-26H2,(H,38,42)(H,39,43)(H,40,45)/t30-,31-,32-,33+/m1/s1. The summed E-state index contributed by atoms with van der Waals surface area (Å²) >= 11 is 0. The van der Waals surface area contributed by atoms with Crippen molar-refractivity contribution in [3.63, 3.8) is 0 Å². The van der Waals surface area contributed by atoms with Crippen LogP contribution in [0.3, 0.4) is 0 Å². The molecule has 0 saturated heterocycles. The van der Waals surface area contributed by atoms with E-state index in [1.165, 1.54) is 6.08 Å². The van der Waals surface area contributed by atoms with Crippen molar-refractivity contribution in [1.82, 2.24) is 16.0 Å². The molecule has 47 heavy (non-hydrogen) atoms. The number of hydrogen-bond donors (Lipinski definition) is 4. The maximum atomic E-state index is 13.5. The van der Waals surface area contributed by atoms with Crippen LogP contribution < -0.4 is 16.0 Å². The molecule has 0 saturated carbocycles. The molecule has 3 rings (SSSR count). The highest BCUT2D eigenvalue weighted by Gasteiger charge is 2.27. The molecule has 0 bridgehead atoms. The lowest BCUT2D eigenvalue weighted by Gasteiger charge is -2.24. The van der Waals surface area contributed by atoms with Gasteiger partial charge in [0.05, 0.1) is 24.6 Å². The van der Waals surface area contributed by atoms with Crippen LogP contribution in [-0.2, 0) is 36.9 Å². The lowest BCUT2D eigenvalue weighted by Crippen LogP contribution is -2.44. The van der Waals surface area contributed by atoms with Crippen molar-refractivity contribution in [1.29, 1.82) is 0 Å². The number of carbonyl (C=O) groups is 4. The number of allylic oxidation sites excluding steroid dienone is 1. The molecule has 0 aliphatic rings. The van der Waals surface area contributed by atoms with Crippen molar-refractivity contribution in [3.8, 4) is 0 Å². The number of amides is 3. The van der Waals surface area contributed by atoms with E-state index in [2.05, 4.69) is 29.1 Å². The summed E-state index contributed by atoms with van der Waals surface area (Å²) in [6.45, 7) is 6.93. The number of rotatable bonds is 19. The Bertz CT molecular complexity index is 1430. The van der Waals surface area contributed by atoms with E-state index in [1.807, 2.05) is 66.7 Å². The fourth-order valence-corrected chi connectivity index (χ4v) is 4.80. The molecule has 4 N–H and O–H groups in total. The lowest BCUT2D eigenvalue weighted by atomic mass is 9.97. The Balaban J connectivity index is 1.62. The van der Waals surface area contributed by atoms with Crippen molar-refractivity contribution >= 4 is 23.9 Å². The fourth-order valence-electron chi connectivity index (χ4n) is 4.80. The van der Waals surface area contributed by atoms with Crippen LogP contribution in [0.25, 0.3) is 0 Å². The number of alkyl carbamates (subject to hydrolysis) is 1. The molecule has 3 aromatic carbocycles. The quantitative estimate of drug-likeness (QED) is 0.111. The van der Waals surface area contributed by atoms with Gasteiger partial charge in [-0.15, -0.1) is 13.2 Å². The zero-order valence-corrected chi connectivity index (χ0v) is 26.4. The van der Waals surface area contributed by atoms with Crippen molar-refractivity contribution in [2.24, 2.45) is 5.92 Å². The van der Waals surface area contributed by atoms with Crippen LogP contribution in [-0.4, -0.2) is 54.3 Å². The normalized spacial score (nSPS) is 13.1. The highest BCUT2D eigenvalue weighted by atomic mass is 16.6. The summed E-state index contributed by atoms with van der Waals surface area (Å²) in [5, 5.41) is 18.1. The van der Waals surface area contributed by atoms with E-state index in [0.717, 1.165) is 11.1 Å². The first-order valence-electron chi connectivity index (χ1n) is 15.5. The monoisotopic (exact) mass is 641 g/mol. The summed E-state index contributed by atoms with van der Waals surface area (Å²) in [5.41, 5.74) is 2.43. The summed E-state index contributed by atoms with van der Waals surface area (Å²) in [6, 6.07) is 25.2. The molecule has 0 spiro atoms. The van der Waals surface area contributed by atoms with Gasteiger partial charge in [0.25, 0.3) is 0 Å². The number of aliphatic hydroxyl groups excluding tert-OH is 1. The number of ether oxygens (including phenoxy) is 2. The fraction of sp³-hybridized carbons (Fsp3) is 0.297. The maximum absolute atomic E-state index is 13.5. The Hall–Kier alpha value is -5.22. The molecule has 3 amide bonds. The SMILES string of the molecule is C=CC[C@H](CC(=O)N[C@@H](CO)Cc1ccccc1)C(=O)N[C@@H](COC(=O)[C@@H](CC=C)NC(=O)OCc1ccccc1)c1ccccc1. The Morgan fingerprint density at radius 1 is 0.745 bits per heavy atom. The van der Waals surface area contributed by atoms with E-state index in [-0.39, 0.29) is 45.0 Å². The van der Waals surface area contributed by atoms with Gasteiger partial charge >= 0.3 is 12.1 Å². The molecule has 10 heteroatoms. The molecule has 0 fully saturated rings. The Morgan fingerprint density at radius 3 is 1.94 bits per heavy atom. The molecule has 0 radical (unpaired) electrons. The van der Waals surface area contributed by atoms with Crippen LogP contribution >= 0.6 is 0 Å². The minimum Gasteiger partial charge on any atom is -0.462 e. The van der Waals surface area contributed by atoms with E-state index < -0.39 is 42.0 Å². The molecular weight excluding hydrogens is 598 g/mol. The van der Waals surface area contributed by atoms with E-state index in [1.54, 1.807) is 30.3 Å². The second-order valence-corrected chi connectivity index (χ2v) is 10.9. The smallest absolute Gasteiger partial charge is 0.408 e. The van der Waals surface area contributed by atoms with Gasteiger partial charge in [0, 0.05) is 6.42 Å². The number of benzene rings is 3. The summed E-state index contributed by atoms with van der Waals surface area (Å²) in [6.07, 6.45) is 2.87. The summed E-state index contributed by atoms with van der Waals surface area (Å²) in [5.74, 6) is -2.31. The predicted molar refractivity (Wildman–Crippen MR) is 179 cm³/mol. The molecule has 0 heterocycles. The first-order valence-corrected chi connectivity index (χ1v) is 15.5. The van der Waals surface area contributed by atoms with Crippen LogP contribution in [0.15, 0.2) is 116 Å². The van der Waals surface area contributed by atoms with Gasteiger partial charge in [0.15, 0.2) is 0 Å². The molecule has 0 aliphatic heterocycles. The van der Waals surface area contributed by atoms with Crippen LogP contribution in [0, 0.1) is 5.92 Å². The van der Waals surface area contributed by atoms with Gasteiger partial charge in [-0.25, -0.2) is 9.59 Å². The molecule has 248 valence electrons. The van der Waals surface area contributed by atoms with Crippen LogP contribution in [0.1, 0.15) is 42.0 Å². The number of hydrogen-bond acceptors (Lipinski definition) is 7. The van der Waals surface area contributed by atoms with E-state index in [4.69, 9.17) is 9.47 Å². The van der Waals surface area contributed by atoms with Crippen molar-refractivity contribution in [3.05, 3.63) is 133 Å². The average molecular weight is 642 g/mol. The number of carbonyl (C=O) groups excluding carboxylic acids is 4. The number of aliphatic hydroxyl groups is 1. The predicted octanol–water partition coefficient (Wildman–Crippen LogP) is 4.56. The summed E-state index contributed by atoms with van der Waals surface area (Å²) in [4.78, 5) is 51.9. The molecule has 0 aliphatic carbocycles. The topological polar surface area (TPSA) is 143 Å². The van der Waals surface area contributed by atoms with Gasteiger partial charge in [-0.05, 0) is 36.0 Å². The number of esters is 1. The summed E-state index contributed by atoms with van der Waals surface area (Å²) in [7, 11) is 0. The summed E-state index contributed by atoms with van der Waals surface area (Å²) < 4.78 is 10.8. The maximum Gasteiger partial charge on any atom is 0.408 e. The third-order valence-electron chi connectivity index (χ3n) is 7.27. The number of nitrogens with one attached hydrogen (secondary N) is 3. The third kappa shape index (κ3) is 13.0. The lowest BCUT2D eigenvalue weighted by molar-refractivity contribution is -0.147. The molecule has 0 aromatic heterocycles. The van der Waals surface area contributed by atoms with E-state index in [0.29, 0.717) is 12.0 Å². The molecule has 4 atom stereocenters. The van der Waals surface area contributed by atoms with Gasteiger partial charge < -0.3 is 30.5 Å². The van der Waals surface area contributed by atoms with Gasteiger partial charge in [0.2, 0.25) is 11.8 Å². The minimum atomic E-state index is -1.06. The van der Waals surface area contributed by atoms with Gasteiger partial charge in [-0.1, -0.05) is 103 Å². The van der Waals surface area contributed by atoms with Crippen LogP contribution in [0.2, 0.25) is 0 Å². The molecule has 10 nitrogen and oxygen atoms in total. The Labute approximate surface area is 275 Å². The zero-order chi connectivity index (χ0) is 33.9. The third-order valence-corrected chi connectivity index (χ3v) is 7.27.